The Morgan fingerprint density at radius 3 is 2.62 bits per heavy atom. The molecule has 0 saturated carbocycles. The molecule has 4 rings (SSSR count). The normalized spacial score (nSPS) is 11.7. The monoisotopic (exact) mass is 401 g/mol. The summed E-state index contributed by atoms with van der Waals surface area (Å²) in [5, 5.41) is 6.75. The lowest BCUT2D eigenvalue weighted by Crippen LogP contribution is -2.13. The molecule has 0 saturated heterocycles. The van der Waals surface area contributed by atoms with Crippen LogP contribution in [0.5, 0.6) is 0 Å². The lowest BCUT2D eigenvalue weighted by Gasteiger charge is -2.10. The number of aromatic amines is 2. The molecule has 0 fully saturated rings. The van der Waals surface area contributed by atoms with E-state index in [0.29, 0.717) is 22.4 Å². The molecule has 7 nitrogen and oxygen atoms in total. The predicted octanol–water partition coefficient (Wildman–Crippen LogP) is 3.62. The molecule has 0 unspecified atom stereocenters. The van der Waals surface area contributed by atoms with Crippen LogP contribution in [0.1, 0.15) is 21.6 Å². The van der Waals surface area contributed by atoms with Gasteiger partial charge in [0, 0.05) is 5.69 Å². The summed E-state index contributed by atoms with van der Waals surface area (Å²) in [6.07, 6.45) is -3.18. The third kappa shape index (κ3) is 3.51. The van der Waals surface area contributed by atoms with Crippen molar-refractivity contribution in [2.45, 2.75) is 13.1 Å². The minimum absolute atomic E-state index is 0.197. The van der Waals surface area contributed by atoms with Crippen LogP contribution >= 0.6 is 0 Å². The first-order valence-electron chi connectivity index (χ1n) is 8.48. The van der Waals surface area contributed by atoms with Gasteiger partial charge in [0.25, 0.3) is 5.91 Å². The van der Waals surface area contributed by atoms with E-state index in [-0.39, 0.29) is 16.9 Å². The quantitative estimate of drug-likeness (QED) is 0.489. The van der Waals surface area contributed by atoms with Crippen molar-refractivity contribution in [3.63, 3.8) is 0 Å². The van der Waals surface area contributed by atoms with Crippen molar-refractivity contribution in [2.75, 3.05) is 5.32 Å². The van der Waals surface area contributed by atoms with Gasteiger partial charge in [0.2, 0.25) is 0 Å². The third-order valence-electron chi connectivity index (χ3n) is 4.45. The molecule has 2 aromatic heterocycles. The van der Waals surface area contributed by atoms with Gasteiger partial charge in [-0.3, -0.25) is 4.79 Å². The van der Waals surface area contributed by atoms with E-state index in [9.17, 15) is 22.8 Å². The van der Waals surface area contributed by atoms with E-state index in [0.717, 1.165) is 12.1 Å². The molecule has 0 bridgehead atoms. The molecule has 0 radical (unpaired) electrons. The molecular formula is C19H14F3N5O2. The second-order valence-electron chi connectivity index (χ2n) is 6.40. The van der Waals surface area contributed by atoms with Crippen LogP contribution in [0.2, 0.25) is 0 Å². The summed E-state index contributed by atoms with van der Waals surface area (Å²) in [4.78, 5) is 29.1. The van der Waals surface area contributed by atoms with Gasteiger partial charge < -0.3 is 15.3 Å². The van der Waals surface area contributed by atoms with Crippen molar-refractivity contribution in [2.24, 2.45) is 0 Å². The zero-order valence-corrected chi connectivity index (χ0v) is 15.0. The summed E-state index contributed by atoms with van der Waals surface area (Å²) in [6, 6.07) is 9.56. The summed E-state index contributed by atoms with van der Waals surface area (Å²) in [6.45, 7) is 1.59. The van der Waals surface area contributed by atoms with Gasteiger partial charge in [-0.15, -0.1) is 0 Å². The maximum atomic E-state index is 13.0. The van der Waals surface area contributed by atoms with E-state index in [1.807, 2.05) is 0 Å². The van der Waals surface area contributed by atoms with Crippen LogP contribution in [-0.4, -0.2) is 25.7 Å². The number of hydrogen-bond acceptors (Lipinski definition) is 3. The van der Waals surface area contributed by atoms with Crippen LogP contribution in [-0.2, 0) is 6.18 Å². The number of aromatic nitrogens is 4. The molecular weight excluding hydrogens is 387 g/mol. The topological polar surface area (TPSA) is 95.6 Å². The summed E-state index contributed by atoms with van der Waals surface area (Å²) in [7, 11) is 0. The van der Waals surface area contributed by atoms with Crippen LogP contribution in [0.4, 0.5) is 18.9 Å². The van der Waals surface area contributed by atoms with Gasteiger partial charge in [-0.2, -0.15) is 18.3 Å². The Kier molecular flexibility index (Phi) is 4.26. The zero-order valence-electron chi connectivity index (χ0n) is 15.0. The molecule has 0 aliphatic carbocycles. The van der Waals surface area contributed by atoms with Crippen LogP contribution in [0.25, 0.3) is 16.7 Å². The highest BCUT2D eigenvalue weighted by Gasteiger charge is 2.30. The fraction of sp³-hybridized carbons (Fsp3) is 0.105. The van der Waals surface area contributed by atoms with Gasteiger partial charge in [0.15, 0.2) is 0 Å². The Morgan fingerprint density at radius 1 is 1.10 bits per heavy atom. The van der Waals surface area contributed by atoms with E-state index in [1.54, 1.807) is 25.1 Å². The Morgan fingerprint density at radius 2 is 1.86 bits per heavy atom. The standard InChI is InChI=1S/C19H14F3N5O2/c1-10-14(9-23-27(10)13-4-2-3-11(7-13)19(20,21)22)17(28)24-12-5-6-15-16(8-12)26-18(29)25-15/h2-9H,1H3,(H,24,28)(H2,25,26,29). The van der Waals surface area contributed by atoms with E-state index >= 15 is 0 Å². The number of alkyl halides is 3. The molecule has 29 heavy (non-hydrogen) atoms. The molecule has 10 heteroatoms. The van der Waals surface area contributed by atoms with Crippen LogP contribution in [0, 0.1) is 6.92 Å². The van der Waals surface area contributed by atoms with Crippen molar-refractivity contribution in [3.05, 3.63) is 76.0 Å². The molecule has 3 N–H and O–H groups in total. The largest absolute Gasteiger partial charge is 0.416 e. The van der Waals surface area contributed by atoms with Gasteiger partial charge in [-0.1, -0.05) is 6.07 Å². The van der Waals surface area contributed by atoms with Crippen molar-refractivity contribution < 1.29 is 18.0 Å². The number of hydrogen-bond donors (Lipinski definition) is 3. The number of fused-ring (bicyclic) bond motifs is 1. The predicted molar refractivity (Wildman–Crippen MR) is 100 cm³/mol. The van der Waals surface area contributed by atoms with Crippen LogP contribution in [0.15, 0.2) is 53.5 Å². The molecule has 0 atom stereocenters. The van der Waals surface area contributed by atoms with E-state index in [1.165, 1.54) is 23.0 Å². The fourth-order valence-corrected chi connectivity index (χ4v) is 3.02. The van der Waals surface area contributed by atoms with Crippen molar-refractivity contribution in [1.29, 1.82) is 0 Å². The second-order valence-corrected chi connectivity index (χ2v) is 6.40. The average Bonchev–Trinajstić information content (AvgIpc) is 3.22. The first kappa shape index (κ1) is 18.5. The summed E-state index contributed by atoms with van der Waals surface area (Å²) >= 11 is 0. The number of rotatable bonds is 3. The lowest BCUT2D eigenvalue weighted by molar-refractivity contribution is -0.137. The summed E-state index contributed by atoms with van der Waals surface area (Å²) in [5.74, 6) is -0.474. The number of nitrogens with zero attached hydrogens (tertiary/aromatic N) is 2. The van der Waals surface area contributed by atoms with Gasteiger partial charge in [0.05, 0.1) is 39.7 Å². The van der Waals surface area contributed by atoms with Crippen molar-refractivity contribution in [3.8, 4) is 5.69 Å². The van der Waals surface area contributed by atoms with Crippen molar-refractivity contribution >= 4 is 22.6 Å². The number of carbonyl (C=O) groups is 1. The SMILES string of the molecule is Cc1c(C(=O)Nc2ccc3[nH]c(=O)[nH]c3c2)cnn1-c1cccc(C(F)(F)F)c1. The van der Waals surface area contributed by atoms with Gasteiger partial charge in [0.1, 0.15) is 0 Å². The highest BCUT2D eigenvalue weighted by molar-refractivity contribution is 6.05. The fourth-order valence-electron chi connectivity index (χ4n) is 3.02. The van der Waals surface area contributed by atoms with Gasteiger partial charge >= 0.3 is 11.9 Å². The Labute approximate surface area is 161 Å². The van der Waals surface area contributed by atoms with Crippen LogP contribution in [0.3, 0.4) is 0 Å². The number of nitrogens with one attached hydrogen (secondary N) is 3. The maximum Gasteiger partial charge on any atom is 0.416 e. The molecule has 1 amide bonds. The number of H-pyrrole nitrogens is 2. The smallest absolute Gasteiger partial charge is 0.322 e. The van der Waals surface area contributed by atoms with Crippen molar-refractivity contribution in [1.82, 2.24) is 19.7 Å². The molecule has 148 valence electrons. The number of imidazole rings is 1. The van der Waals surface area contributed by atoms with E-state index in [4.69, 9.17) is 0 Å². The van der Waals surface area contributed by atoms with E-state index in [2.05, 4.69) is 20.4 Å². The highest BCUT2D eigenvalue weighted by atomic mass is 19.4. The number of amides is 1. The maximum absolute atomic E-state index is 13.0. The Bertz CT molecular complexity index is 1280. The molecule has 2 aromatic carbocycles. The van der Waals surface area contributed by atoms with E-state index < -0.39 is 17.6 Å². The molecule has 2 heterocycles. The molecule has 4 aromatic rings. The number of anilines is 1. The zero-order chi connectivity index (χ0) is 20.8. The Balaban J connectivity index is 1.62. The first-order chi connectivity index (χ1) is 13.7. The molecule has 0 aliphatic rings. The highest BCUT2D eigenvalue weighted by Crippen LogP contribution is 2.30. The Hall–Kier alpha value is -3.82. The molecule has 0 spiro atoms. The first-order valence-corrected chi connectivity index (χ1v) is 8.48. The average molecular weight is 401 g/mol. The minimum Gasteiger partial charge on any atom is -0.322 e. The number of benzene rings is 2. The summed E-state index contributed by atoms with van der Waals surface area (Å²) < 4.78 is 40.1. The minimum atomic E-state index is -4.48. The number of halogens is 3. The van der Waals surface area contributed by atoms with Crippen LogP contribution < -0.4 is 11.0 Å². The summed E-state index contributed by atoms with van der Waals surface area (Å²) in [5.41, 5.74) is 1.21. The lowest BCUT2D eigenvalue weighted by atomic mass is 10.2. The molecule has 0 aliphatic heterocycles. The third-order valence-corrected chi connectivity index (χ3v) is 4.45. The number of carbonyl (C=O) groups excluding carboxylic acids is 1. The van der Waals surface area contributed by atoms with Gasteiger partial charge in [-0.25, -0.2) is 9.48 Å². The second kappa shape index (κ2) is 6.66. The van der Waals surface area contributed by atoms with Gasteiger partial charge in [-0.05, 0) is 43.3 Å².